The van der Waals surface area contributed by atoms with Crippen LogP contribution in [0, 0.1) is 6.92 Å². The Kier molecular flexibility index (Phi) is 5.47. The van der Waals surface area contributed by atoms with E-state index < -0.39 is 0 Å². The van der Waals surface area contributed by atoms with Crippen molar-refractivity contribution in [1.29, 1.82) is 0 Å². The maximum atomic E-state index is 11.6. The summed E-state index contributed by atoms with van der Waals surface area (Å²) >= 11 is 0. The van der Waals surface area contributed by atoms with Gasteiger partial charge in [-0.1, -0.05) is 60.7 Å². The number of carbonyl (C=O) groups is 1. The summed E-state index contributed by atoms with van der Waals surface area (Å²) in [5.74, 6) is 0.887. The zero-order valence-electron chi connectivity index (χ0n) is 13.9. The van der Waals surface area contributed by atoms with Crippen molar-refractivity contribution in [2.45, 2.75) is 13.2 Å². The zero-order chi connectivity index (χ0) is 17.5. The van der Waals surface area contributed by atoms with Crippen molar-refractivity contribution in [3.05, 3.63) is 102 Å². The lowest BCUT2D eigenvalue weighted by molar-refractivity contribution is 0.104. The van der Waals surface area contributed by atoms with E-state index in [2.05, 4.69) is 6.92 Å². The second-order valence-corrected chi connectivity index (χ2v) is 5.63. The van der Waals surface area contributed by atoms with Gasteiger partial charge >= 0.3 is 0 Å². The molecule has 0 aliphatic rings. The molecular weight excluding hydrogens is 312 g/mol. The highest BCUT2D eigenvalue weighted by molar-refractivity contribution is 5.99. The van der Waals surface area contributed by atoms with Crippen LogP contribution < -0.4 is 9.47 Å². The Morgan fingerprint density at radius 3 is 1.76 bits per heavy atom. The highest BCUT2D eigenvalue weighted by Crippen LogP contribution is 2.30. The van der Waals surface area contributed by atoms with Crippen molar-refractivity contribution in [1.82, 2.24) is 0 Å². The van der Waals surface area contributed by atoms with E-state index in [9.17, 15) is 4.79 Å². The van der Waals surface area contributed by atoms with Gasteiger partial charge in [0.1, 0.15) is 13.2 Å². The molecule has 0 fully saturated rings. The van der Waals surface area contributed by atoms with E-state index in [0.717, 1.165) is 11.1 Å². The predicted octanol–water partition coefficient (Wildman–Crippen LogP) is 4.86. The lowest BCUT2D eigenvalue weighted by Gasteiger charge is -2.14. The molecule has 0 amide bonds. The van der Waals surface area contributed by atoms with Gasteiger partial charge in [0.2, 0.25) is 0 Å². The third-order valence-corrected chi connectivity index (χ3v) is 3.74. The average Bonchev–Trinajstić information content (AvgIpc) is 2.66. The fourth-order valence-corrected chi connectivity index (χ4v) is 2.38. The Morgan fingerprint density at radius 2 is 1.24 bits per heavy atom. The van der Waals surface area contributed by atoms with Crippen molar-refractivity contribution in [2.75, 3.05) is 0 Å². The molecule has 3 rings (SSSR count). The minimum Gasteiger partial charge on any atom is -0.485 e. The maximum absolute atomic E-state index is 11.6. The highest BCUT2D eigenvalue weighted by Gasteiger charge is 2.10. The van der Waals surface area contributed by atoms with Gasteiger partial charge in [0.15, 0.2) is 17.3 Å². The molecular formula is C22H19O3. The molecule has 1 radical (unpaired) electrons. The van der Waals surface area contributed by atoms with Gasteiger partial charge in [-0.3, -0.25) is 4.79 Å². The van der Waals surface area contributed by atoms with Crippen LogP contribution in [0.25, 0.3) is 0 Å². The van der Waals surface area contributed by atoms with E-state index in [4.69, 9.17) is 9.47 Å². The Balaban J connectivity index is 1.77. The van der Waals surface area contributed by atoms with Crippen LogP contribution in [0.4, 0.5) is 0 Å². The molecule has 3 aromatic rings. The number of benzene rings is 3. The molecule has 0 spiro atoms. The molecule has 0 aromatic heterocycles. The van der Waals surface area contributed by atoms with Crippen molar-refractivity contribution in [3.63, 3.8) is 0 Å². The number of rotatable bonds is 7. The number of ether oxygens (including phenoxy) is 2. The van der Waals surface area contributed by atoms with Gasteiger partial charge in [0.25, 0.3) is 0 Å². The van der Waals surface area contributed by atoms with E-state index in [1.807, 2.05) is 60.7 Å². The van der Waals surface area contributed by atoms with Gasteiger partial charge in [0.05, 0.1) is 0 Å². The van der Waals surface area contributed by atoms with Crippen LogP contribution >= 0.6 is 0 Å². The van der Waals surface area contributed by atoms with Gasteiger partial charge in [0, 0.05) is 12.5 Å². The summed E-state index contributed by atoms with van der Waals surface area (Å²) in [6, 6.07) is 24.9. The molecule has 0 unspecified atom stereocenters. The molecule has 0 bridgehead atoms. The first-order valence-electron chi connectivity index (χ1n) is 8.06. The molecule has 0 saturated heterocycles. The standard InChI is InChI=1S/C22H19O3/c1-17(23)20-12-13-21(24-15-18-8-4-2-5-9-18)22(14-20)25-16-19-10-6-3-7-11-19/h2-14H,1,15-16H2. The van der Waals surface area contributed by atoms with Crippen molar-refractivity contribution in [2.24, 2.45) is 0 Å². The van der Waals surface area contributed by atoms with Crippen LogP contribution in [0.15, 0.2) is 78.9 Å². The SMILES string of the molecule is [CH2]C(=O)c1ccc(OCc2ccccc2)c(OCc2ccccc2)c1. The summed E-state index contributed by atoms with van der Waals surface area (Å²) in [4.78, 5) is 11.6. The minimum absolute atomic E-state index is 0.251. The molecule has 0 saturated carbocycles. The summed E-state index contributed by atoms with van der Waals surface area (Å²) in [5.41, 5.74) is 2.60. The molecule has 0 atom stereocenters. The molecule has 25 heavy (non-hydrogen) atoms. The summed E-state index contributed by atoms with van der Waals surface area (Å²) in [6.07, 6.45) is 0. The molecule has 3 nitrogen and oxygen atoms in total. The maximum Gasteiger partial charge on any atom is 0.163 e. The van der Waals surface area contributed by atoms with Crippen LogP contribution in [-0.4, -0.2) is 5.78 Å². The highest BCUT2D eigenvalue weighted by atomic mass is 16.5. The quantitative estimate of drug-likeness (QED) is 0.580. The van der Waals surface area contributed by atoms with Gasteiger partial charge in [-0.15, -0.1) is 0 Å². The lowest BCUT2D eigenvalue weighted by atomic mass is 10.1. The van der Waals surface area contributed by atoms with Gasteiger partial charge in [-0.25, -0.2) is 0 Å². The van der Waals surface area contributed by atoms with Gasteiger partial charge in [-0.05, 0) is 29.3 Å². The molecule has 125 valence electrons. The van der Waals surface area contributed by atoms with E-state index in [0.29, 0.717) is 30.3 Å². The van der Waals surface area contributed by atoms with E-state index in [-0.39, 0.29) is 5.78 Å². The zero-order valence-corrected chi connectivity index (χ0v) is 13.9. The second kappa shape index (κ2) is 8.15. The molecule has 3 aromatic carbocycles. The summed E-state index contributed by atoms with van der Waals surface area (Å²) in [7, 11) is 0. The number of hydrogen-bond acceptors (Lipinski definition) is 3. The van der Waals surface area contributed by atoms with Crippen LogP contribution in [-0.2, 0) is 13.2 Å². The van der Waals surface area contributed by atoms with Gasteiger partial charge in [-0.2, -0.15) is 0 Å². The monoisotopic (exact) mass is 331 g/mol. The smallest absolute Gasteiger partial charge is 0.163 e. The Bertz CT molecular complexity index is 826. The number of carbonyl (C=O) groups excluding carboxylic acids is 1. The number of hydrogen-bond donors (Lipinski definition) is 0. The van der Waals surface area contributed by atoms with E-state index in [1.54, 1.807) is 18.2 Å². The van der Waals surface area contributed by atoms with Crippen LogP contribution in [0.2, 0.25) is 0 Å². The molecule has 0 N–H and O–H groups in total. The third kappa shape index (κ3) is 4.70. The number of Topliss-reactive ketones (excluding diaryl/α,β-unsaturated/α-hetero) is 1. The van der Waals surface area contributed by atoms with Crippen molar-refractivity contribution >= 4 is 5.78 Å². The molecule has 0 aliphatic heterocycles. The Morgan fingerprint density at radius 1 is 0.720 bits per heavy atom. The van der Waals surface area contributed by atoms with Crippen molar-refractivity contribution in [3.8, 4) is 11.5 Å². The summed E-state index contributed by atoms with van der Waals surface area (Å²) < 4.78 is 11.8. The summed E-state index contributed by atoms with van der Waals surface area (Å²) in [5, 5.41) is 0. The second-order valence-electron chi connectivity index (χ2n) is 5.63. The first-order chi connectivity index (χ1) is 12.2. The molecule has 0 aliphatic carbocycles. The number of ketones is 1. The normalized spacial score (nSPS) is 10.3. The minimum atomic E-state index is -0.251. The Hall–Kier alpha value is -3.07. The first kappa shape index (κ1) is 16.8. The lowest BCUT2D eigenvalue weighted by Crippen LogP contribution is -2.02. The Labute approximate surface area is 147 Å². The summed E-state index contributed by atoms with van der Waals surface area (Å²) in [6.45, 7) is 4.29. The topological polar surface area (TPSA) is 35.5 Å². The average molecular weight is 331 g/mol. The van der Waals surface area contributed by atoms with Crippen LogP contribution in [0.3, 0.4) is 0 Å². The van der Waals surface area contributed by atoms with E-state index >= 15 is 0 Å². The molecule has 3 heteroatoms. The van der Waals surface area contributed by atoms with Crippen molar-refractivity contribution < 1.29 is 14.3 Å². The largest absolute Gasteiger partial charge is 0.485 e. The predicted molar refractivity (Wildman–Crippen MR) is 97.7 cm³/mol. The molecule has 0 heterocycles. The van der Waals surface area contributed by atoms with Crippen LogP contribution in [0.5, 0.6) is 11.5 Å². The van der Waals surface area contributed by atoms with Crippen LogP contribution in [0.1, 0.15) is 21.5 Å². The first-order valence-corrected chi connectivity index (χ1v) is 8.06. The van der Waals surface area contributed by atoms with Gasteiger partial charge < -0.3 is 9.47 Å². The third-order valence-electron chi connectivity index (χ3n) is 3.74. The fraction of sp³-hybridized carbons (Fsp3) is 0.0909. The van der Waals surface area contributed by atoms with E-state index in [1.165, 1.54) is 0 Å². The fourth-order valence-electron chi connectivity index (χ4n) is 2.38.